The van der Waals surface area contributed by atoms with Crippen LogP contribution in [-0.2, 0) is 5.21 Å². The number of thioether (sulfide) groups is 10. The highest BCUT2D eigenvalue weighted by Crippen LogP contribution is 2.72. The SMILES string of the molecule is CC1(C)C2CSC3=C(SCC2C(C)(C)N1[O])SC(=C1SC2=C(SC(=C4SC=CS4)S2)S1)S3. The second-order valence-corrected chi connectivity index (χ2v) is 20.9. The monoisotopic (exact) mass is 610 g/mol. The molecule has 1 fully saturated rings. The molecule has 12 heteroatoms. The van der Waals surface area contributed by atoms with Crippen molar-refractivity contribution < 1.29 is 5.21 Å². The fourth-order valence-electron chi connectivity index (χ4n) is 4.59. The Morgan fingerprint density at radius 3 is 1.38 bits per heavy atom. The average molecular weight is 611 g/mol. The maximum atomic E-state index is 13.1. The molecule has 1 saturated heterocycles. The molecule has 0 amide bonds. The fraction of sp³-hybridized carbons (Fsp3) is 0.500. The van der Waals surface area contributed by atoms with Gasteiger partial charge in [-0.1, -0.05) is 94.1 Å². The van der Waals surface area contributed by atoms with E-state index in [9.17, 15) is 5.21 Å². The summed E-state index contributed by atoms with van der Waals surface area (Å²) in [5.74, 6) is 2.92. The molecule has 0 aromatic carbocycles. The zero-order valence-corrected chi connectivity index (χ0v) is 25.8. The number of rotatable bonds is 0. The van der Waals surface area contributed by atoms with Crippen molar-refractivity contribution >= 4 is 118 Å². The van der Waals surface area contributed by atoms with E-state index in [2.05, 4.69) is 38.5 Å². The third kappa shape index (κ3) is 4.10. The van der Waals surface area contributed by atoms with Crippen molar-refractivity contribution in [3.05, 3.63) is 44.7 Å². The number of hydrogen-bond donors (Lipinski definition) is 0. The predicted octanol–water partition coefficient (Wildman–Crippen LogP) is 9.81. The number of hydrogen-bond acceptors (Lipinski definition) is 11. The van der Waals surface area contributed by atoms with Crippen molar-refractivity contribution in [2.75, 3.05) is 11.5 Å². The molecule has 6 aliphatic rings. The minimum Gasteiger partial charge on any atom is -0.143 e. The summed E-state index contributed by atoms with van der Waals surface area (Å²) in [7, 11) is 0. The van der Waals surface area contributed by atoms with Crippen LogP contribution in [0.3, 0.4) is 0 Å². The maximum Gasteiger partial charge on any atom is 0.0718 e. The van der Waals surface area contributed by atoms with Gasteiger partial charge in [0.05, 0.1) is 33.9 Å². The van der Waals surface area contributed by atoms with Gasteiger partial charge in [0.1, 0.15) is 0 Å². The first-order chi connectivity index (χ1) is 15.2. The van der Waals surface area contributed by atoms with Gasteiger partial charge in [0.2, 0.25) is 0 Å². The lowest BCUT2D eigenvalue weighted by Crippen LogP contribution is -2.47. The molecule has 0 aromatic heterocycles. The molecule has 6 heterocycles. The molecule has 2 atom stereocenters. The van der Waals surface area contributed by atoms with Crippen molar-refractivity contribution in [2.24, 2.45) is 11.8 Å². The molecular weight excluding hydrogens is 591 g/mol. The molecule has 2 unspecified atom stereocenters. The molecule has 0 saturated carbocycles. The van der Waals surface area contributed by atoms with Gasteiger partial charge < -0.3 is 0 Å². The number of nitrogens with zero attached hydrogens (tertiary/aromatic N) is 1. The Bertz CT molecular complexity index is 967. The highest BCUT2D eigenvalue weighted by molar-refractivity contribution is 8.50. The first-order valence-corrected chi connectivity index (χ1v) is 18.6. The topological polar surface area (TPSA) is 23.1 Å². The van der Waals surface area contributed by atoms with Crippen molar-refractivity contribution in [3.63, 3.8) is 0 Å². The van der Waals surface area contributed by atoms with Gasteiger partial charge in [-0.25, -0.2) is 0 Å². The van der Waals surface area contributed by atoms with Gasteiger partial charge >= 0.3 is 0 Å². The molecule has 6 rings (SSSR count). The third-order valence-electron chi connectivity index (χ3n) is 6.32. The molecule has 0 spiro atoms. The lowest BCUT2D eigenvalue weighted by Gasteiger charge is -2.33. The first-order valence-electron chi connectivity index (χ1n) is 10.0. The van der Waals surface area contributed by atoms with E-state index in [4.69, 9.17) is 0 Å². The summed E-state index contributed by atoms with van der Waals surface area (Å²) < 4.78 is 11.6. The smallest absolute Gasteiger partial charge is 0.0718 e. The summed E-state index contributed by atoms with van der Waals surface area (Å²) in [6.45, 7) is 8.59. The van der Waals surface area contributed by atoms with E-state index in [1.165, 1.54) is 39.0 Å². The van der Waals surface area contributed by atoms with E-state index >= 15 is 0 Å². The van der Waals surface area contributed by atoms with E-state index in [0.717, 1.165) is 11.5 Å². The summed E-state index contributed by atoms with van der Waals surface area (Å²) in [4.78, 5) is 0. The number of fused-ring (bicyclic) bond motifs is 1. The largest absolute Gasteiger partial charge is 0.143 e. The lowest BCUT2D eigenvalue weighted by atomic mass is 9.79. The maximum absolute atomic E-state index is 13.1. The van der Waals surface area contributed by atoms with Crippen LogP contribution in [0.25, 0.3) is 0 Å². The minimum atomic E-state index is -0.300. The van der Waals surface area contributed by atoms with Gasteiger partial charge in [0, 0.05) is 22.6 Å². The lowest BCUT2D eigenvalue weighted by molar-refractivity contribution is -0.250. The van der Waals surface area contributed by atoms with Crippen LogP contribution in [0.5, 0.6) is 0 Å². The van der Waals surface area contributed by atoms with E-state index in [-0.39, 0.29) is 11.1 Å². The van der Waals surface area contributed by atoms with Crippen molar-refractivity contribution in [3.8, 4) is 0 Å². The Morgan fingerprint density at radius 2 is 0.969 bits per heavy atom. The van der Waals surface area contributed by atoms with Gasteiger partial charge in [-0.05, 0) is 50.3 Å². The highest BCUT2D eigenvalue weighted by Gasteiger charge is 2.59. The molecule has 0 aliphatic carbocycles. The molecule has 6 aliphatic heterocycles. The molecule has 0 bridgehead atoms. The molecule has 171 valence electrons. The van der Waals surface area contributed by atoms with E-state index in [1.54, 1.807) is 0 Å². The highest BCUT2D eigenvalue weighted by atomic mass is 32.3. The zero-order chi connectivity index (χ0) is 22.3. The summed E-state index contributed by atoms with van der Waals surface area (Å²) >= 11 is 19.5. The number of hydroxylamine groups is 2. The Hall–Kier alpha value is 2.12. The second kappa shape index (κ2) is 9.15. The molecule has 2 nitrogen and oxygen atoms in total. The minimum absolute atomic E-state index is 0.300. The van der Waals surface area contributed by atoms with E-state index < -0.39 is 0 Å². The summed E-state index contributed by atoms with van der Waals surface area (Å²) in [6, 6.07) is 0. The van der Waals surface area contributed by atoms with Crippen molar-refractivity contribution in [1.29, 1.82) is 0 Å². The second-order valence-electron chi connectivity index (χ2n) is 8.86. The molecule has 32 heavy (non-hydrogen) atoms. The van der Waals surface area contributed by atoms with Gasteiger partial charge in [0.25, 0.3) is 0 Å². The molecule has 0 aromatic rings. The van der Waals surface area contributed by atoms with Crippen molar-refractivity contribution in [1.82, 2.24) is 5.06 Å². The Labute approximate surface area is 232 Å². The quantitative estimate of drug-likeness (QED) is 0.262. The Kier molecular flexibility index (Phi) is 6.99. The van der Waals surface area contributed by atoms with Crippen LogP contribution in [-0.4, -0.2) is 27.6 Å². The third-order valence-corrected chi connectivity index (χ3v) is 20.9. The average Bonchev–Trinajstić information content (AvgIpc) is 3.50. The van der Waals surface area contributed by atoms with Crippen LogP contribution in [0.4, 0.5) is 0 Å². The van der Waals surface area contributed by atoms with Gasteiger partial charge in [-0.3, -0.25) is 0 Å². The Balaban J connectivity index is 1.16. The molecule has 1 radical (unpaired) electrons. The molecular formula is C20H20NOS10. The van der Waals surface area contributed by atoms with Gasteiger partial charge in [0.15, 0.2) is 0 Å². The van der Waals surface area contributed by atoms with Crippen LogP contribution in [0.2, 0.25) is 0 Å². The predicted molar refractivity (Wildman–Crippen MR) is 161 cm³/mol. The zero-order valence-electron chi connectivity index (χ0n) is 17.7. The van der Waals surface area contributed by atoms with Crippen molar-refractivity contribution in [2.45, 2.75) is 38.8 Å². The molecule has 0 N–H and O–H groups in total. The Morgan fingerprint density at radius 1 is 0.625 bits per heavy atom. The fourth-order valence-corrected chi connectivity index (χ4v) is 20.2. The standard InChI is InChI=1S/C20H20NOS10/c1-19(2)9-7-25-12-13(26-8-10(9)20(3,4)21(19)22)28-15(27-12)16-31-17-18(32-16)30-14(29-17)11-23-5-6-24-11/h5-6,9-10H,7-8H2,1-4H3. The van der Waals surface area contributed by atoms with Crippen LogP contribution >= 0.6 is 118 Å². The normalized spacial score (nSPS) is 33.9. The van der Waals surface area contributed by atoms with Crippen LogP contribution in [0, 0.1) is 11.8 Å². The van der Waals surface area contributed by atoms with E-state index in [0.29, 0.717) is 11.8 Å². The van der Waals surface area contributed by atoms with Crippen LogP contribution in [0.15, 0.2) is 44.7 Å². The first kappa shape index (κ1) is 24.5. The van der Waals surface area contributed by atoms with Crippen LogP contribution < -0.4 is 0 Å². The summed E-state index contributed by atoms with van der Waals surface area (Å²) in [5, 5.41) is 18.8. The van der Waals surface area contributed by atoms with E-state index in [1.807, 2.05) is 118 Å². The summed E-state index contributed by atoms with van der Waals surface area (Å²) in [5.41, 5.74) is -0.600. The van der Waals surface area contributed by atoms with Gasteiger partial charge in [-0.15, -0.1) is 33.8 Å². The van der Waals surface area contributed by atoms with Gasteiger partial charge in [-0.2, -0.15) is 0 Å². The summed E-state index contributed by atoms with van der Waals surface area (Å²) in [6.07, 6.45) is 0. The van der Waals surface area contributed by atoms with Crippen LogP contribution in [0.1, 0.15) is 27.7 Å².